The zero-order chi connectivity index (χ0) is 14.2. The summed E-state index contributed by atoms with van der Waals surface area (Å²) < 4.78 is 24.6. The molecular weight excluding hydrogens is 264 g/mol. The van der Waals surface area contributed by atoms with Crippen molar-refractivity contribution in [1.29, 1.82) is 5.26 Å². The number of nitrogens with zero attached hydrogens (tertiary/aromatic N) is 2. The number of aromatic nitrogens is 1. The number of hydrogen-bond donors (Lipinski definition) is 2. The molecule has 0 atom stereocenters. The summed E-state index contributed by atoms with van der Waals surface area (Å²) in [7, 11) is -3.87. The number of sulfonamides is 1. The summed E-state index contributed by atoms with van der Waals surface area (Å²) in [5, 5.41) is 14.2. The van der Waals surface area contributed by atoms with Crippen molar-refractivity contribution in [3.63, 3.8) is 0 Å². The first-order valence-corrected chi connectivity index (χ1v) is 6.90. The van der Waals surface area contributed by atoms with Crippen LogP contribution in [0.4, 0.5) is 5.69 Å². The number of benzene rings is 1. The van der Waals surface area contributed by atoms with E-state index in [0.717, 1.165) is 0 Å². The molecule has 0 radical (unpaired) electrons. The first-order chi connectivity index (χ1) is 8.84. The standard InChI is InChI=1S/C12H12N4O2S/c1-8-11(16-4-2-3-10(16)7-13)5-9(14)6-12(8)19(15,17)18/h2-6H,14H2,1H3,(H2,15,17,18). The number of nitrogens with two attached hydrogens (primary N) is 2. The van der Waals surface area contributed by atoms with Crippen molar-refractivity contribution in [2.24, 2.45) is 5.14 Å². The Labute approximate surface area is 110 Å². The third kappa shape index (κ3) is 2.31. The molecule has 0 saturated heterocycles. The second kappa shape index (κ2) is 4.42. The van der Waals surface area contributed by atoms with Gasteiger partial charge in [0.2, 0.25) is 10.0 Å². The minimum Gasteiger partial charge on any atom is -0.399 e. The fourth-order valence-corrected chi connectivity index (χ4v) is 2.75. The van der Waals surface area contributed by atoms with Gasteiger partial charge in [-0.3, -0.25) is 0 Å². The smallest absolute Gasteiger partial charge is 0.238 e. The van der Waals surface area contributed by atoms with Crippen LogP contribution in [0.25, 0.3) is 5.69 Å². The largest absolute Gasteiger partial charge is 0.399 e. The van der Waals surface area contributed by atoms with E-state index >= 15 is 0 Å². The van der Waals surface area contributed by atoms with Gasteiger partial charge in [0.15, 0.2) is 0 Å². The maximum atomic E-state index is 11.5. The van der Waals surface area contributed by atoms with Crippen molar-refractivity contribution in [3.05, 3.63) is 41.7 Å². The van der Waals surface area contributed by atoms with Crippen LogP contribution in [0, 0.1) is 18.3 Å². The Balaban J connectivity index is 2.80. The van der Waals surface area contributed by atoms with E-state index in [1.807, 2.05) is 6.07 Å². The Bertz CT molecular complexity index is 785. The molecule has 0 fully saturated rings. The first-order valence-electron chi connectivity index (χ1n) is 5.35. The third-order valence-electron chi connectivity index (χ3n) is 2.78. The van der Waals surface area contributed by atoms with E-state index in [4.69, 9.17) is 16.1 Å². The third-order valence-corrected chi connectivity index (χ3v) is 3.82. The van der Waals surface area contributed by atoms with Crippen molar-refractivity contribution in [2.75, 3.05) is 5.73 Å². The number of primary sulfonamides is 1. The van der Waals surface area contributed by atoms with Crippen molar-refractivity contribution >= 4 is 15.7 Å². The number of nitriles is 1. The highest BCUT2D eigenvalue weighted by Gasteiger charge is 2.17. The van der Waals surface area contributed by atoms with E-state index in [-0.39, 0.29) is 10.6 Å². The molecule has 98 valence electrons. The molecule has 0 amide bonds. The van der Waals surface area contributed by atoms with Gasteiger partial charge in [-0.25, -0.2) is 13.6 Å². The summed E-state index contributed by atoms with van der Waals surface area (Å²) in [5.41, 5.74) is 7.32. The van der Waals surface area contributed by atoms with Gasteiger partial charge >= 0.3 is 0 Å². The average molecular weight is 276 g/mol. The molecule has 0 aliphatic heterocycles. The predicted octanol–water partition coefficient (Wildman–Crippen LogP) is 0.887. The lowest BCUT2D eigenvalue weighted by atomic mass is 10.1. The highest BCUT2D eigenvalue weighted by atomic mass is 32.2. The number of rotatable bonds is 2. The number of anilines is 1. The molecule has 1 aromatic carbocycles. The van der Waals surface area contributed by atoms with Gasteiger partial charge in [0.25, 0.3) is 0 Å². The van der Waals surface area contributed by atoms with Gasteiger partial charge in [-0.2, -0.15) is 5.26 Å². The predicted molar refractivity (Wildman–Crippen MR) is 71.0 cm³/mol. The molecular formula is C12H12N4O2S. The summed E-state index contributed by atoms with van der Waals surface area (Å²) in [4.78, 5) is -0.0416. The van der Waals surface area contributed by atoms with Crippen LogP contribution in [0.1, 0.15) is 11.3 Å². The molecule has 1 aromatic heterocycles. The molecule has 2 aromatic rings. The summed E-state index contributed by atoms with van der Waals surface area (Å²) in [5.74, 6) is 0. The van der Waals surface area contributed by atoms with Gasteiger partial charge in [0.1, 0.15) is 11.8 Å². The van der Waals surface area contributed by atoms with Gasteiger partial charge in [0, 0.05) is 11.9 Å². The highest BCUT2D eigenvalue weighted by molar-refractivity contribution is 7.89. The fraction of sp³-hybridized carbons (Fsp3) is 0.0833. The lowest BCUT2D eigenvalue weighted by Crippen LogP contribution is -2.15. The van der Waals surface area contributed by atoms with Crippen LogP contribution in [0.2, 0.25) is 0 Å². The monoisotopic (exact) mass is 276 g/mol. The Morgan fingerprint density at radius 3 is 2.63 bits per heavy atom. The molecule has 19 heavy (non-hydrogen) atoms. The minimum absolute atomic E-state index is 0.0416. The fourth-order valence-electron chi connectivity index (χ4n) is 1.92. The van der Waals surface area contributed by atoms with Gasteiger partial charge < -0.3 is 10.3 Å². The summed E-state index contributed by atoms with van der Waals surface area (Å²) in [6.45, 7) is 1.62. The number of hydrogen-bond acceptors (Lipinski definition) is 4. The topological polar surface area (TPSA) is 115 Å². The molecule has 2 rings (SSSR count). The highest BCUT2D eigenvalue weighted by Crippen LogP contribution is 2.26. The molecule has 0 unspecified atom stereocenters. The Hall–Kier alpha value is -2.30. The molecule has 0 aliphatic carbocycles. The zero-order valence-corrected chi connectivity index (χ0v) is 11.0. The van der Waals surface area contributed by atoms with E-state index in [1.165, 1.54) is 6.07 Å². The van der Waals surface area contributed by atoms with Crippen molar-refractivity contribution < 1.29 is 8.42 Å². The number of nitrogen functional groups attached to an aromatic ring is 1. The minimum atomic E-state index is -3.87. The van der Waals surface area contributed by atoms with Crippen LogP contribution in [-0.4, -0.2) is 13.0 Å². The van der Waals surface area contributed by atoms with Crippen molar-refractivity contribution in [1.82, 2.24) is 4.57 Å². The van der Waals surface area contributed by atoms with Crippen LogP contribution in [0.3, 0.4) is 0 Å². The molecule has 7 heteroatoms. The Morgan fingerprint density at radius 2 is 2.05 bits per heavy atom. The molecule has 0 aliphatic rings. The van der Waals surface area contributed by atoms with Crippen molar-refractivity contribution in [3.8, 4) is 11.8 Å². The summed E-state index contributed by atoms with van der Waals surface area (Å²) in [6, 6.07) is 8.25. The second-order valence-electron chi connectivity index (χ2n) is 4.08. The molecule has 4 N–H and O–H groups in total. The maximum absolute atomic E-state index is 11.5. The molecule has 6 nitrogen and oxygen atoms in total. The van der Waals surface area contributed by atoms with Gasteiger partial charge in [-0.1, -0.05) is 0 Å². The van der Waals surface area contributed by atoms with Crippen molar-refractivity contribution in [2.45, 2.75) is 11.8 Å². The Kier molecular flexibility index (Phi) is 3.06. The van der Waals surface area contributed by atoms with Crippen LogP contribution in [0.5, 0.6) is 0 Å². The van der Waals surface area contributed by atoms with Gasteiger partial charge in [-0.05, 0) is 36.8 Å². The van der Waals surface area contributed by atoms with Crippen LogP contribution in [-0.2, 0) is 10.0 Å². The summed E-state index contributed by atoms with van der Waals surface area (Å²) in [6.07, 6.45) is 1.66. The van der Waals surface area contributed by atoms with Crippen LogP contribution < -0.4 is 10.9 Å². The van der Waals surface area contributed by atoms with Gasteiger partial charge in [-0.15, -0.1) is 0 Å². The van der Waals surface area contributed by atoms with E-state index in [1.54, 1.807) is 35.9 Å². The first kappa shape index (κ1) is 13.1. The van der Waals surface area contributed by atoms with Crippen LogP contribution in [0.15, 0.2) is 35.4 Å². The molecule has 0 saturated carbocycles. The van der Waals surface area contributed by atoms with Crippen LogP contribution >= 0.6 is 0 Å². The quantitative estimate of drug-likeness (QED) is 0.792. The van der Waals surface area contributed by atoms with Gasteiger partial charge in [0.05, 0.1) is 10.6 Å². The van der Waals surface area contributed by atoms with E-state index in [0.29, 0.717) is 16.9 Å². The molecule has 0 bridgehead atoms. The normalized spacial score (nSPS) is 11.2. The lowest BCUT2D eigenvalue weighted by Gasteiger charge is -2.13. The Morgan fingerprint density at radius 1 is 1.37 bits per heavy atom. The average Bonchev–Trinajstić information content (AvgIpc) is 2.78. The maximum Gasteiger partial charge on any atom is 0.238 e. The SMILES string of the molecule is Cc1c(-n2cccc2C#N)cc(N)cc1S(N)(=O)=O. The molecule has 0 spiro atoms. The second-order valence-corrected chi connectivity index (χ2v) is 5.61. The van der Waals surface area contributed by atoms with E-state index in [9.17, 15) is 8.42 Å². The van der Waals surface area contributed by atoms with E-state index < -0.39 is 10.0 Å². The lowest BCUT2D eigenvalue weighted by molar-refractivity contribution is 0.597. The van der Waals surface area contributed by atoms with E-state index in [2.05, 4.69) is 0 Å². The summed E-state index contributed by atoms with van der Waals surface area (Å²) >= 11 is 0. The molecule has 1 heterocycles. The zero-order valence-electron chi connectivity index (χ0n) is 10.2.